The van der Waals surface area contributed by atoms with Crippen LogP contribution in [0, 0.1) is 47.3 Å². The Hall–Kier alpha value is -0.260. The van der Waals surface area contributed by atoms with Gasteiger partial charge in [0.05, 0.1) is 0 Å². The summed E-state index contributed by atoms with van der Waals surface area (Å²) in [5, 5.41) is 0. The predicted octanol–water partition coefficient (Wildman–Crippen LogP) is 3.88. The Kier molecular flexibility index (Phi) is 1.52. The van der Waals surface area contributed by atoms with E-state index >= 15 is 0 Å². The molecule has 0 heteroatoms. The van der Waals surface area contributed by atoms with E-state index in [0.717, 1.165) is 17.8 Å². The van der Waals surface area contributed by atoms with Crippen molar-refractivity contribution in [2.75, 3.05) is 0 Å². The lowest BCUT2D eigenvalue weighted by atomic mass is 9.81. The first kappa shape index (κ1) is 8.78. The lowest BCUT2D eigenvalue weighted by Gasteiger charge is -2.23. The van der Waals surface area contributed by atoms with Crippen LogP contribution in [0.5, 0.6) is 0 Å². The molecule has 5 aliphatic rings. The average molecular weight is 214 g/mol. The highest BCUT2D eigenvalue weighted by molar-refractivity contribution is 5.19. The summed E-state index contributed by atoms with van der Waals surface area (Å²) in [5.74, 6) is 9.12. The fourth-order valence-corrected chi connectivity index (χ4v) is 6.43. The molecule has 0 amide bonds. The zero-order chi connectivity index (χ0) is 10.3. The molecule has 0 aliphatic heterocycles. The van der Waals surface area contributed by atoms with Crippen molar-refractivity contribution in [3.63, 3.8) is 0 Å². The van der Waals surface area contributed by atoms with Gasteiger partial charge in [-0.15, -0.1) is 0 Å². The summed E-state index contributed by atoms with van der Waals surface area (Å²) in [6.45, 7) is 0. The van der Waals surface area contributed by atoms with E-state index in [1.165, 1.54) is 36.0 Å². The zero-order valence-corrected chi connectivity index (χ0v) is 10.0. The van der Waals surface area contributed by atoms with Crippen molar-refractivity contribution in [3.8, 4) is 0 Å². The van der Waals surface area contributed by atoms with Crippen LogP contribution in [0.4, 0.5) is 0 Å². The highest BCUT2D eigenvalue weighted by atomic mass is 14.7. The molecule has 0 radical (unpaired) electrons. The molecule has 0 aromatic rings. The third kappa shape index (κ3) is 0.939. The van der Waals surface area contributed by atoms with Gasteiger partial charge in [0.1, 0.15) is 0 Å². The SMILES string of the molecule is C1=CC2CC1CC2C1C2CC3CCCC3C21. The molecular weight excluding hydrogens is 192 g/mol. The number of hydrogen-bond acceptors (Lipinski definition) is 0. The number of fused-ring (bicyclic) bond motifs is 5. The summed E-state index contributed by atoms with van der Waals surface area (Å²) in [6, 6.07) is 0. The fourth-order valence-electron chi connectivity index (χ4n) is 6.43. The van der Waals surface area contributed by atoms with Gasteiger partial charge in [0, 0.05) is 0 Å². The molecule has 0 aromatic carbocycles. The van der Waals surface area contributed by atoms with Crippen LogP contribution in [0.3, 0.4) is 0 Å². The first-order chi connectivity index (χ1) is 7.92. The molecule has 0 aromatic heterocycles. The van der Waals surface area contributed by atoms with E-state index in [1.54, 1.807) is 32.1 Å². The normalized spacial score (nSPS) is 65.0. The van der Waals surface area contributed by atoms with Crippen LogP contribution in [0.15, 0.2) is 12.2 Å². The number of hydrogen-bond donors (Lipinski definition) is 0. The van der Waals surface area contributed by atoms with Crippen molar-refractivity contribution in [1.29, 1.82) is 0 Å². The minimum absolute atomic E-state index is 0.996. The van der Waals surface area contributed by atoms with E-state index in [-0.39, 0.29) is 0 Å². The maximum absolute atomic E-state index is 2.57. The Bertz CT molecular complexity index is 355. The molecule has 86 valence electrons. The summed E-state index contributed by atoms with van der Waals surface area (Å²) in [6.07, 6.45) is 14.5. The summed E-state index contributed by atoms with van der Waals surface area (Å²) in [7, 11) is 0. The quantitative estimate of drug-likeness (QED) is 0.581. The first-order valence-electron chi connectivity index (χ1n) is 7.60. The third-order valence-electron chi connectivity index (χ3n) is 6.90. The molecule has 5 aliphatic carbocycles. The molecule has 0 N–H and O–H groups in total. The van der Waals surface area contributed by atoms with Gasteiger partial charge in [-0.3, -0.25) is 0 Å². The maximum Gasteiger partial charge on any atom is -0.0196 e. The number of rotatable bonds is 1. The van der Waals surface area contributed by atoms with Crippen molar-refractivity contribution < 1.29 is 0 Å². The lowest BCUT2D eigenvalue weighted by molar-refractivity contribution is 0.275. The molecule has 4 fully saturated rings. The van der Waals surface area contributed by atoms with E-state index in [9.17, 15) is 0 Å². The lowest BCUT2D eigenvalue weighted by Crippen LogP contribution is -2.17. The summed E-state index contributed by atoms with van der Waals surface area (Å²) in [4.78, 5) is 0. The Balaban J connectivity index is 1.38. The van der Waals surface area contributed by atoms with Crippen LogP contribution >= 0.6 is 0 Å². The van der Waals surface area contributed by atoms with Crippen LogP contribution in [0.1, 0.15) is 38.5 Å². The minimum Gasteiger partial charge on any atom is -0.0851 e. The van der Waals surface area contributed by atoms with Crippen molar-refractivity contribution in [2.24, 2.45) is 47.3 Å². The number of allylic oxidation sites excluding steroid dienone is 2. The molecule has 0 saturated heterocycles. The van der Waals surface area contributed by atoms with Gasteiger partial charge in [0.2, 0.25) is 0 Å². The fraction of sp³-hybridized carbons (Fsp3) is 0.875. The van der Waals surface area contributed by atoms with E-state index in [0.29, 0.717) is 0 Å². The second kappa shape index (κ2) is 2.76. The molecule has 16 heavy (non-hydrogen) atoms. The van der Waals surface area contributed by atoms with Gasteiger partial charge in [0.15, 0.2) is 0 Å². The molecule has 5 rings (SSSR count). The smallest absolute Gasteiger partial charge is 0.0196 e. The topological polar surface area (TPSA) is 0 Å². The van der Waals surface area contributed by atoms with Crippen LogP contribution < -0.4 is 0 Å². The van der Waals surface area contributed by atoms with Crippen LogP contribution in [-0.4, -0.2) is 0 Å². The monoisotopic (exact) mass is 214 g/mol. The van der Waals surface area contributed by atoms with Gasteiger partial charge < -0.3 is 0 Å². The summed E-state index contributed by atoms with van der Waals surface area (Å²) >= 11 is 0. The van der Waals surface area contributed by atoms with Crippen molar-refractivity contribution in [1.82, 2.24) is 0 Å². The zero-order valence-electron chi connectivity index (χ0n) is 10.0. The molecule has 8 atom stereocenters. The highest BCUT2D eigenvalue weighted by Crippen LogP contribution is 2.71. The van der Waals surface area contributed by atoms with Crippen molar-refractivity contribution in [3.05, 3.63) is 12.2 Å². The summed E-state index contributed by atoms with van der Waals surface area (Å²) in [5.41, 5.74) is 0. The van der Waals surface area contributed by atoms with Gasteiger partial charge >= 0.3 is 0 Å². The third-order valence-corrected chi connectivity index (χ3v) is 6.90. The van der Waals surface area contributed by atoms with E-state index in [2.05, 4.69) is 12.2 Å². The Morgan fingerprint density at radius 3 is 2.50 bits per heavy atom. The van der Waals surface area contributed by atoms with Crippen LogP contribution in [0.2, 0.25) is 0 Å². The minimum atomic E-state index is 0.996. The first-order valence-corrected chi connectivity index (χ1v) is 7.60. The Morgan fingerprint density at radius 2 is 1.69 bits per heavy atom. The van der Waals surface area contributed by atoms with Crippen molar-refractivity contribution in [2.45, 2.75) is 38.5 Å². The second-order valence-corrected chi connectivity index (χ2v) is 7.35. The average Bonchev–Trinajstić information content (AvgIpc) is 2.84. The predicted molar refractivity (Wildman–Crippen MR) is 64.8 cm³/mol. The highest BCUT2D eigenvalue weighted by Gasteiger charge is 2.65. The van der Waals surface area contributed by atoms with Crippen molar-refractivity contribution >= 4 is 0 Å². The Labute approximate surface area is 98.5 Å². The van der Waals surface area contributed by atoms with Gasteiger partial charge in [-0.2, -0.15) is 0 Å². The maximum atomic E-state index is 2.57. The van der Waals surface area contributed by atoms with Gasteiger partial charge in [-0.1, -0.05) is 25.0 Å². The Morgan fingerprint density at radius 1 is 0.750 bits per heavy atom. The molecule has 2 bridgehead atoms. The second-order valence-electron chi connectivity index (χ2n) is 7.35. The molecule has 0 heterocycles. The van der Waals surface area contributed by atoms with E-state index in [4.69, 9.17) is 0 Å². The van der Waals surface area contributed by atoms with E-state index in [1.807, 2.05) is 0 Å². The molecule has 0 spiro atoms. The standard InChI is InChI=1S/C16H22/c1-2-10-8-14-15(12(10)3-1)16(14)13-7-9-4-5-11(13)6-9/h4-5,9-16H,1-3,6-8H2. The van der Waals surface area contributed by atoms with Gasteiger partial charge in [0.25, 0.3) is 0 Å². The molecule has 0 nitrogen and oxygen atoms in total. The largest absolute Gasteiger partial charge is 0.0851 e. The summed E-state index contributed by atoms with van der Waals surface area (Å²) < 4.78 is 0. The van der Waals surface area contributed by atoms with Gasteiger partial charge in [-0.25, -0.2) is 0 Å². The molecular formula is C16H22. The molecule has 8 unspecified atom stereocenters. The van der Waals surface area contributed by atoms with Gasteiger partial charge in [-0.05, 0) is 73.0 Å². The molecule has 4 saturated carbocycles. The van der Waals surface area contributed by atoms with Crippen LogP contribution in [-0.2, 0) is 0 Å². The van der Waals surface area contributed by atoms with E-state index < -0.39 is 0 Å². The van der Waals surface area contributed by atoms with Crippen LogP contribution in [0.25, 0.3) is 0 Å².